The number of carbonyl (C=O) groups excluding carboxylic acids is 2. The number of ether oxygens (including phenoxy) is 1. The van der Waals surface area contributed by atoms with Crippen LogP contribution in [0, 0.1) is 10.1 Å². The first-order valence-corrected chi connectivity index (χ1v) is 12.2. The summed E-state index contributed by atoms with van der Waals surface area (Å²) in [5.41, 5.74) is 1.46. The zero-order chi connectivity index (χ0) is 27.2. The molecule has 0 bridgehead atoms. The van der Waals surface area contributed by atoms with Gasteiger partial charge in [-0.3, -0.25) is 19.7 Å². The largest absolute Gasteiger partial charge is 0.507 e. The van der Waals surface area contributed by atoms with Gasteiger partial charge in [0.15, 0.2) is 0 Å². The third kappa shape index (κ3) is 5.90. The summed E-state index contributed by atoms with van der Waals surface area (Å²) in [7, 11) is 3.80. The first-order chi connectivity index (χ1) is 18.3. The molecule has 196 valence electrons. The zero-order valence-corrected chi connectivity index (χ0v) is 21.2. The number of hydrogen-bond donors (Lipinski definition) is 1. The lowest BCUT2D eigenvalue weighted by Crippen LogP contribution is -2.32. The van der Waals surface area contributed by atoms with Crippen LogP contribution in [0.4, 0.5) is 5.69 Å². The van der Waals surface area contributed by atoms with Crippen LogP contribution in [0.2, 0.25) is 0 Å². The molecule has 0 aliphatic carbocycles. The third-order valence-electron chi connectivity index (χ3n) is 6.32. The van der Waals surface area contributed by atoms with Crippen molar-refractivity contribution >= 4 is 23.1 Å². The summed E-state index contributed by atoms with van der Waals surface area (Å²) in [5, 5.41) is 22.7. The van der Waals surface area contributed by atoms with E-state index in [4.69, 9.17) is 4.74 Å². The van der Waals surface area contributed by atoms with E-state index in [1.807, 2.05) is 49.3 Å². The molecular weight excluding hydrogens is 486 g/mol. The number of nitrogens with zero attached hydrogens (tertiary/aromatic N) is 3. The molecule has 4 rings (SSSR count). The monoisotopic (exact) mass is 515 g/mol. The smallest absolute Gasteiger partial charge is 0.295 e. The second-order valence-electron chi connectivity index (χ2n) is 9.30. The van der Waals surface area contributed by atoms with Gasteiger partial charge in [-0.2, -0.15) is 0 Å². The number of nitro benzene ring substituents is 1. The molecule has 3 aromatic carbocycles. The highest BCUT2D eigenvalue weighted by Crippen LogP contribution is 2.40. The van der Waals surface area contributed by atoms with Gasteiger partial charge in [-0.15, -0.1) is 0 Å². The molecule has 1 aliphatic heterocycles. The number of Topliss-reactive ketones (excluding diaryl/α,β-unsaturated/α-hetero) is 1. The van der Waals surface area contributed by atoms with Crippen molar-refractivity contribution in [1.29, 1.82) is 0 Å². The molecule has 3 aromatic rings. The van der Waals surface area contributed by atoms with Gasteiger partial charge in [0.25, 0.3) is 17.4 Å². The summed E-state index contributed by atoms with van der Waals surface area (Å²) in [6.45, 7) is 1.30. The highest BCUT2D eigenvalue weighted by molar-refractivity contribution is 6.46. The number of aliphatic hydroxyl groups is 1. The van der Waals surface area contributed by atoms with Crippen molar-refractivity contribution in [2.24, 2.45) is 0 Å². The van der Waals surface area contributed by atoms with Crippen molar-refractivity contribution in [1.82, 2.24) is 9.80 Å². The molecule has 9 nitrogen and oxygen atoms in total. The number of likely N-dealkylation sites (tertiary alicyclic amines) is 1. The lowest BCUT2D eigenvalue weighted by Gasteiger charge is -2.25. The van der Waals surface area contributed by atoms with Crippen LogP contribution in [-0.2, 0) is 16.2 Å². The van der Waals surface area contributed by atoms with Crippen molar-refractivity contribution in [2.45, 2.75) is 19.1 Å². The van der Waals surface area contributed by atoms with Crippen LogP contribution in [0.25, 0.3) is 5.76 Å². The number of benzene rings is 3. The first-order valence-electron chi connectivity index (χ1n) is 12.2. The maximum absolute atomic E-state index is 13.2. The van der Waals surface area contributed by atoms with Crippen LogP contribution < -0.4 is 4.74 Å². The average Bonchev–Trinajstić information content (AvgIpc) is 3.17. The molecular formula is C29H29N3O6. The minimum atomic E-state index is -0.953. The molecule has 9 heteroatoms. The quantitative estimate of drug-likeness (QED) is 0.139. The van der Waals surface area contributed by atoms with Crippen LogP contribution in [0.3, 0.4) is 0 Å². The Bertz CT molecular complexity index is 1350. The summed E-state index contributed by atoms with van der Waals surface area (Å²) >= 11 is 0. The molecule has 1 aliphatic rings. The van der Waals surface area contributed by atoms with E-state index in [1.54, 1.807) is 30.3 Å². The van der Waals surface area contributed by atoms with Crippen molar-refractivity contribution in [3.05, 3.63) is 111 Å². The van der Waals surface area contributed by atoms with Gasteiger partial charge >= 0.3 is 0 Å². The van der Waals surface area contributed by atoms with E-state index in [0.717, 1.165) is 5.56 Å². The third-order valence-corrected chi connectivity index (χ3v) is 6.32. The van der Waals surface area contributed by atoms with Crippen molar-refractivity contribution in [3.63, 3.8) is 0 Å². The molecule has 1 unspecified atom stereocenters. The van der Waals surface area contributed by atoms with Crippen molar-refractivity contribution in [2.75, 3.05) is 27.2 Å². The summed E-state index contributed by atoms with van der Waals surface area (Å²) in [5.74, 6) is -1.34. The number of hydrogen-bond acceptors (Lipinski definition) is 7. The van der Waals surface area contributed by atoms with E-state index in [0.29, 0.717) is 36.4 Å². The van der Waals surface area contributed by atoms with Crippen molar-refractivity contribution in [3.8, 4) is 5.75 Å². The number of aliphatic hydroxyl groups excluding tert-OH is 1. The Morgan fingerprint density at radius 2 is 1.74 bits per heavy atom. The lowest BCUT2D eigenvalue weighted by atomic mass is 9.95. The molecule has 1 saturated heterocycles. The second-order valence-corrected chi connectivity index (χ2v) is 9.30. The molecule has 0 aromatic heterocycles. The molecule has 1 amide bonds. The van der Waals surface area contributed by atoms with Crippen LogP contribution in [-0.4, -0.2) is 58.7 Å². The fourth-order valence-corrected chi connectivity index (χ4v) is 4.43. The predicted molar refractivity (Wildman–Crippen MR) is 142 cm³/mol. The SMILES string of the molecule is CN(C)CCCN1C(=O)C(=O)/C(=C(/O)c2ccc(OCc3ccccc3)cc2)C1c1cccc([N+](=O)[O-])c1. The van der Waals surface area contributed by atoms with Crippen LogP contribution in [0.15, 0.2) is 84.4 Å². The van der Waals surface area contributed by atoms with Gasteiger partial charge in [0, 0.05) is 24.2 Å². The number of nitro groups is 1. The van der Waals surface area contributed by atoms with Gasteiger partial charge in [0.2, 0.25) is 0 Å². The normalized spacial score (nSPS) is 16.7. The lowest BCUT2D eigenvalue weighted by molar-refractivity contribution is -0.384. The number of ketones is 1. The van der Waals surface area contributed by atoms with E-state index >= 15 is 0 Å². The minimum absolute atomic E-state index is 0.0988. The van der Waals surface area contributed by atoms with E-state index in [1.165, 1.54) is 23.1 Å². The Kier molecular flexibility index (Phi) is 8.18. The molecule has 0 spiro atoms. The summed E-state index contributed by atoms with van der Waals surface area (Å²) < 4.78 is 5.80. The Hall–Kier alpha value is -4.50. The Morgan fingerprint density at radius 1 is 1.03 bits per heavy atom. The van der Waals surface area contributed by atoms with E-state index in [-0.39, 0.29) is 23.6 Å². The molecule has 1 atom stereocenters. The molecule has 1 N–H and O–H groups in total. The second kappa shape index (κ2) is 11.7. The summed E-state index contributed by atoms with van der Waals surface area (Å²) in [6, 6.07) is 21.1. The number of amides is 1. The minimum Gasteiger partial charge on any atom is -0.507 e. The van der Waals surface area contributed by atoms with Gasteiger partial charge < -0.3 is 19.6 Å². The first kappa shape index (κ1) is 26.6. The highest BCUT2D eigenvalue weighted by atomic mass is 16.6. The molecule has 0 saturated carbocycles. The van der Waals surface area contributed by atoms with Crippen molar-refractivity contribution < 1.29 is 24.4 Å². The number of carbonyl (C=O) groups is 2. The predicted octanol–water partition coefficient (Wildman–Crippen LogP) is 4.55. The standard InChI is InChI=1S/C29H29N3O6/c1-30(2)16-7-17-31-26(22-10-6-11-23(18-22)32(36)37)25(28(34)29(31)35)27(33)21-12-14-24(15-13-21)38-19-20-8-4-3-5-9-20/h3-6,8-15,18,26,33H,7,16-17,19H2,1-2H3/b27-25+. The summed E-state index contributed by atoms with van der Waals surface area (Å²) in [6.07, 6.45) is 0.582. The Balaban J connectivity index is 1.67. The fourth-order valence-electron chi connectivity index (χ4n) is 4.43. The van der Waals surface area contributed by atoms with Gasteiger partial charge in [0.05, 0.1) is 16.5 Å². The van der Waals surface area contributed by atoms with Gasteiger partial charge in [-0.25, -0.2) is 0 Å². The topological polar surface area (TPSA) is 113 Å². The molecule has 38 heavy (non-hydrogen) atoms. The maximum atomic E-state index is 13.2. The Morgan fingerprint density at radius 3 is 2.39 bits per heavy atom. The number of rotatable bonds is 10. The summed E-state index contributed by atoms with van der Waals surface area (Å²) in [4.78, 5) is 40.5. The van der Waals surface area contributed by atoms with Gasteiger partial charge in [-0.1, -0.05) is 42.5 Å². The van der Waals surface area contributed by atoms with E-state index < -0.39 is 22.7 Å². The van der Waals surface area contributed by atoms with E-state index in [9.17, 15) is 24.8 Å². The van der Waals surface area contributed by atoms with Gasteiger partial charge in [-0.05, 0) is 62.5 Å². The fraction of sp³-hybridized carbons (Fsp3) is 0.241. The Labute approximate surface area is 220 Å². The maximum Gasteiger partial charge on any atom is 0.295 e. The molecule has 1 heterocycles. The van der Waals surface area contributed by atoms with Crippen LogP contribution in [0.5, 0.6) is 5.75 Å². The molecule has 1 fully saturated rings. The van der Waals surface area contributed by atoms with E-state index in [2.05, 4.69) is 0 Å². The zero-order valence-electron chi connectivity index (χ0n) is 21.2. The van der Waals surface area contributed by atoms with Crippen LogP contribution in [0.1, 0.15) is 29.2 Å². The van der Waals surface area contributed by atoms with Crippen LogP contribution >= 0.6 is 0 Å². The number of non-ortho nitro benzene ring substituents is 1. The average molecular weight is 516 g/mol. The highest BCUT2D eigenvalue weighted by Gasteiger charge is 2.46. The van der Waals surface area contributed by atoms with Gasteiger partial charge in [0.1, 0.15) is 18.1 Å². The molecule has 0 radical (unpaired) electrons.